The Morgan fingerprint density at radius 3 is 2.40 bits per heavy atom. The van der Waals surface area contributed by atoms with E-state index < -0.39 is 11.9 Å². The third-order valence-corrected chi connectivity index (χ3v) is 3.06. The number of hydrogen-bond acceptors (Lipinski definition) is 2. The Morgan fingerprint density at radius 2 is 2.00 bits per heavy atom. The van der Waals surface area contributed by atoms with E-state index in [1.165, 1.54) is 5.56 Å². The molecule has 3 nitrogen and oxygen atoms in total. The SMILES string of the molecule is CC(C(=O)O)c1ccc(C2CNC2)cc1. The van der Waals surface area contributed by atoms with Crippen molar-refractivity contribution in [3.05, 3.63) is 35.4 Å². The predicted molar refractivity (Wildman–Crippen MR) is 58.1 cm³/mol. The number of benzene rings is 1. The molecule has 80 valence electrons. The van der Waals surface area contributed by atoms with Crippen molar-refractivity contribution >= 4 is 5.97 Å². The summed E-state index contributed by atoms with van der Waals surface area (Å²) in [5, 5.41) is 12.1. The number of hydrogen-bond donors (Lipinski definition) is 2. The maximum absolute atomic E-state index is 10.8. The molecule has 1 fully saturated rings. The maximum atomic E-state index is 10.8. The summed E-state index contributed by atoms with van der Waals surface area (Å²) in [6.45, 7) is 3.78. The molecular formula is C12H15NO2. The molecular weight excluding hydrogens is 190 g/mol. The molecule has 1 aromatic rings. The van der Waals surface area contributed by atoms with Crippen LogP contribution in [0.4, 0.5) is 0 Å². The highest BCUT2D eigenvalue weighted by Gasteiger charge is 2.19. The van der Waals surface area contributed by atoms with E-state index in [-0.39, 0.29) is 0 Å². The fraction of sp³-hybridized carbons (Fsp3) is 0.417. The third-order valence-electron chi connectivity index (χ3n) is 3.06. The van der Waals surface area contributed by atoms with Gasteiger partial charge in [0.1, 0.15) is 0 Å². The minimum Gasteiger partial charge on any atom is -0.481 e. The van der Waals surface area contributed by atoms with Crippen LogP contribution in [0.1, 0.15) is 29.9 Å². The van der Waals surface area contributed by atoms with Gasteiger partial charge in [-0.25, -0.2) is 0 Å². The van der Waals surface area contributed by atoms with Gasteiger partial charge in [-0.15, -0.1) is 0 Å². The third kappa shape index (κ3) is 2.02. The second-order valence-corrected chi connectivity index (χ2v) is 4.08. The number of rotatable bonds is 3. The zero-order valence-electron chi connectivity index (χ0n) is 8.73. The molecule has 1 saturated heterocycles. The number of nitrogens with one attached hydrogen (secondary N) is 1. The fourth-order valence-corrected chi connectivity index (χ4v) is 1.72. The van der Waals surface area contributed by atoms with E-state index in [9.17, 15) is 4.79 Å². The minimum atomic E-state index is -0.770. The number of aliphatic carboxylic acids is 1. The van der Waals surface area contributed by atoms with Gasteiger partial charge >= 0.3 is 5.97 Å². The largest absolute Gasteiger partial charge is 0.481 e. The van der Waals surface area contributed by atoms with E-state index in [0.29, 0.717) is 5.92 Å². The summed E-state index contributed by atoms with van der Waals surface area (Å²) in [5.41, 5.74) is 2.17. The molecule has 0 aliphatic carbocycles. The van der Waals surface area contributed by atoms with Gasteiger partial charge in [0.15, 0.2) is 0 Å². The van der Waals surface area contributed by atoms with Crippen molar-refractivity contribution in [1.29, 1.82) is 0 Å². The fourth-order valence-electron chi connectivity index (χ4n) is 1.72. The topological polar surface area (TPSA) is 49.3 Å². The lowest BCUT2D eigenvalue weighted by Gasteiger charge is -2.27. The number of carbonyl (C=O) groups is 1. The van der Waals surface area contributed by atoms with Crippen molar-refractivity contribution in [1.82, 2.24) is 5.32 Å². The predicted octanol–water partition coefficient (Wildman–Crippen LogP) is 1.56. The quantitative estimate of drug-likeness (QED) is 0.787. The van der Waals surface area contributed by atoms with Gasteiger partial charge in [-0.3, -0.25) is 4.79 Å². The highest BCUT2D eigenvalue weighted by Crippen LogP contribution is 2.22. The molecule has 15 heavy (non-hydrogen) atoms. The van der Waals surface area contributed by atoms with Crippen LogP contribution in [0.15, 0.2) is 24.3 Å². The van der Waals surface area contributed by atoms with Gasteiger partial charge in [-0.1, -0.05) is 24.3 Å². The summed E-state index contributed by atoms with van der Waals surface area (Å²) in [6.07, 6.45) is 0. The summed E-state index contributed by atoms with van der Waals surface area (Å²) in [7, 11) is 0. The Hall–Kier alpha value is -1.35. The highest BCUT2D eigenvalue weighted by molar-refractivity contribution is 5.75. The lowest BCUT2D eigenvalue weighted by atomic mass is 9.91. The summed E-state index contributed by atoms with van der Waals surface area (Å²) >= 11 is 0. The summed E-state index contributed by atoms with van der Waals surface area (Å²) in [4.78, 5) is 10.8. The van der Waals surface area contributed by atoms with E-state index in [1.54, 1.807) is 6.92 Å². The van der Waals surface area contributed by atoms with Crippen LogP contribution in [0.2, 0.25) is 0 Å². The van der Waals surface area contributed by atoms with Gasteiger partial charge in [-0.05, 0) is 18.1 Å². The zero-order valence-corrected chi connectivity index (χ0v) is 8.73. The van der Waals surface area contributed by atoms with E-state index >= 15 is 0 Å². The first-order valence-electron chi connectivity index (χ1n) is 5.22. The Kier molecular flexibility index (Phi) is 2.73. The van der Waals surface area contributed by atoms with Crippen LogP contribution in [0.5, 0.6) is 0 Å². The molecule has 1 unspecified atom stereocenters. The standard InChI is InChI=1S/C12H15NO2/c1-8(12(14)15)9-2-4-10(5-3-9)11-6-13-7-11/h2-5,8,11,13H,6-7H2,1H3,(H,14,15). The number of carboxylic acid groups (broad SMARTS) is 1. The first-order chi connectivity index (χ1) is 7.18. The van der Waals surface area contributed by atoms with Crippen LogP contribution < -0.4 is 5.32 Å². The molecule has 1 aliphatic rings. The van der Waals surface area contributed by atoms with E-state index in [4.69, 9.17) is 5.11 Å². The lowest BCUT2D eigenvalue weighted by Crippen LogP contribution is -2.39. The van der Waals surface area contributed by atoms with E-state index in [2.05, 4.69) is 5.32 Å². The molecule has 0 spiro atoms. The van der Waals surface area contributed by atoms with E-state index in [1.807, 2.05) is 24.3 Å². The van der Waals surface area contributed by atoms with Crippen LogP contribution in [0.3, 0.4) is 0 Å². The van der Waals surface area contributed by atoms with Crippen LogP contribution in [-0.2, 0) is 4.79 Å². The Labute approximate surface area is 89.1 Å². The van der Waals surface area contributed by atoms with Gasteiger partial charge in [0.2, 0.25) is 0 Å². The molecule has 0 saturated carbocycles. The molecule has 0 amide bonds. The van der Waals surface area contributed by atoms with Gasteiger partial charge in [-0.2, -0.15) is 0 Å². The van der Waals surface area contributed by atoms with E-state index in [0.717, 1.165) is 18.7 Å². The molecule has 2 rings (SSSR count). The molecule has 0 radical (unpaired) electrons. The Bertz CT molecular complexity index is 354. The van der Waals surface area contributed by atoms with Crippen molar-refractivity contribution < 1.29 is 9.90 Å². The minimum absolute atomic E-state index is 0.418. The van der Waals surface area contributed by atoms with Crippen molar-refractivity contribution in [3.63, 3.8) is 0 Å². The molecule has 0 bridgehead atoms. The monoisotopic (exact) mass is 205 g/mol. The highest BCUT2D eigenvalue weighted by atomic mass is 16.4. The van der Waals surface area contributed by atoms with Gasteiger partial charge in [0.25, 0.3) is 0 Å². The van der Waals surface area contributed by atoms with Crippen LogP contribution >= 0.6 is 0 Å². The van der Waals surface area contributed by atoms with Gasteiger partial charge in [0.05, 0.1) is 5.92 Å². The molecule has 1 atom stereocenters. The van der Waals surface area contributed by atoms with Crippen LogP contribution in [-0.4, -0.2) is 24.2 Å². The second-order valence-electron chi connectivity index (χ2n) is 4.08. The van der Waals surface area contributed by atoms with Crippen molar-refractivity contribution in [3.8, 4) is 0 Å². The second kappa shape index (κ2) is 4.03. The zero-order chi connectivity index (χ0) is 10.8. The first kappa shape index (κ1) is 10.2. The average Bonchev–Trinajstić information content (AvgIpc) is 2.15. The van der Waals surface area contributed by atoms with Crippen molar-refractivity contribution in [2.45, 2.75) is 18.8 Å². The summed E-state index contributed by atoms with van der Waals surface area (Å²) < 4.78 is 0. The first-order valence-corrected chi connectivity index (χ1v) is 5.22. The smallest absolute Gasteiger partial charge is 0.310 e. The van der Waals surface area contributed by atoms with Crippen molar-refractivity contribution in [2.75, 3.05) is 13.1 Å². The van der Waals surface area contributed by atoms with Crippen LogP contribution in [0, 0.1) is 0 Å². The van der Waals surface area contributed by atoms with Crippen LogP contribution in [0.25, 0.3) is 0 Å². The molecule has 3 heteroatoms. The summed E-state index contributed by atoms with van der Waals surface area (Å²) in [5.74, 6) is -0.578. The molecule has 0 aromatic heterocycles. The van der Waals surface area contributed by atoms with Crippen molar-refractivity contribution in [2.24, 2.45) is 0 Å². The molecule has 1 heterocycles. The van der Waals surface area contributed by atoms with Gasteiger partial charge < -0.3 is 10.4 Å². The Morgan fingerprint density at radius 1 is 1.40 bits per heavy atom. The lowest BCUT2D eigenvalue weighted by molar-refractivity contribution is -0.138. The Balaban J connectivity index is 2.12. The maximum Gasteiger partial charge on any atom is 0.310 e. The average molecular weight is 205 g/mol. The van der Waals surface area contributed by atoms with Gasteiger partial charge in [0, 0.05) is 19.0 Å². The molecule has 2 N–H and O–H groups in total. The molecule has 1 aliphatic heterocycles. The number of carboxylic acids is 1. The normalized spacial score (nSPS) is 18.2. The summed E-state index contributed by atoms with van der Waals surface area (Å²) in [6, 6.07) is 7.93. The molecule has 1 aromatic carbocycles.